The molecule has 0 saturated carbocycles. The van der Waals surface area contributed by atoms with E-state index in [1.807, 2.05) is 18.2 Å². The molecule has 1 aromatic rings. The van der Waals surface area contributed by atoms with Gasteiger partial charge in [-0.2, -0.15) is 0 Å². The van der Waals surface area contributed by atoms with E-state index in [0.717, 1.165) is 22.4 Å². The Labute approximate surface area is 100 Å². The second-order valence-electron chi connectivity index (χ2n) is 3.73. The van der Waals surface area contributed by atoms with Gasteiger partial charge in [-0.1, -0.05) is 26.2 Å². The molecule has 0 heterocycles. The molecule has 3 N–H and O–H groups in total. The zero-order chi connectivity index (χ0) is 11.1. The fraction of sp³-hybridized carbons (Fsp3) is 0.500. The Morgan fingerprint density at radius 3 is 2.73 bits per heavy atom. The summed E-state index contributed by atoms with van der Waals surface area (Å²) >= 11 is 3.49. The second-order valence-corrected chi connectivity index (χ2v) is 4.58. The molecule has 0 bridgehead atoms. The topological polar surface area (TPSA) is 38.0 Å². The van der Waals surface area contributed by atoms with Crippen LogP contribution in [0.2, 0.25) is 0 Å². The summed E-state index contributed by atoms with van der Waals surface area (Å²) in [5, 5.41) is 3.40. The Kier molecular flexibility index (Phi) is 5.54. The van der Waals surface area contributed by atoms with Gasteiger partial charge in [0.1, 0.15) is 0 Å². The first-order valence-electron chi connectivity index (χ1n) is 5.53. The molecule has 0 fully saturated rings. The molecule has 0 radical (unpaired) electrons. The smallest absolute Gasteiger partial charge is 0.0486 e. The number of hydrogen-bond donors (Lipinski definition) is 2. The van der Waals surface area contributed by atoms with E-state index in [4.69, 9.17) is 5.73 Å². The highest BCUT2D eigenvalue weighted by atomic mass is 79.9. The van der Waals surface area contributed by atoms with E-state index in [1.165, 1.54) is 25.7 Å². The SMILES string of the molecule is CCCCCCNc1ccc(N)cc1Br. The maximum Gasteiger partial charge on any atom is 0.0486 e. The van der Waals surface area contributed by atoms with Crippen molar-refractivity contribution in [2.24, 2.45) is 0 Å². The maximum absolute atomic E-state index is 5.66. The molecule has 0 atom stereocenters. The van der Waals surface area contributed by atoms with Gasteiger partial charge in [-0.05, 0) is 40.5 Å². The number of nitrogens with two attached hydrogens (primary N) is 1. The van der Waals surface area contributed by atoms with Crippen LogP contribution in [0.25, 0.3) is 0 Å². The molecule has 2 nitrogen and oxygen atoms in total. The highest BCUT2D eigenvalue weighted by Crippen LogP contribution is 2.24. The predicted octanol–water partition coefficient (Wildman–Crippen LogP) is 4.02. The summed E-state index contributed by atoms with van der Waals surface area (Å²) in [7, 11) is 0. The molecule has 84 valence electrons. The Balaban J connectivity index is 2.31. The van der Waals surface area contributed by atoms with Crippen molar-refractivity contribution in [1.29, 1.82) is 0 Å². The Hall–Kier alpha value is -0.700. The number of hydrogen-bond acceptors (Lipinski definition) is 2. The van der Waals surface area contributed by atoms with Crippen molar-refractivity contribution in [3.63, 3.8) is 0 Å². The lowest BCUT2D eigenvalue weighted by atomic mass is 10.2. The van der Waals surface area contributed by atoms with Crippen molar-refractivity contribution in [3.05, 3.63) is 22.7 Å². The molecular formula is C12H19BrN2. The Bertz CT molecular complexity index is 300. The van der Waals surface area contributed by atoms with E-state index < -0.39 is 0 Å². The Morgan fingerprint density at radius 2 is 2.07 bits per heavy atom. The molecule has 0 saturated heterocycles. The molecule has 15 heavy (non-hydrogen) atoms. The third kappa shape index (κ3) is 4.56. The van der Waals surface area contributed by atoms with Crippen molar-refractivity contribution < 1.29 is 0 Å². The monoisotopic (exact) mass is 270 g/mol. The first kappa shape index (κ1) is 12.4. The number of rotatable bonds is 6. The molecule has 0 unspecified atom stereocenters. The average molecular weight is 271 g/mol. The van der Waals surface area contributed by atoms with Crippen LogP contribution in [-0.4, -0.2) is 6.54 Å². The number of benzene rings is 1. The lowest BCUT2D eigenvalue weighted by Gasteiger charge is -2.08. The highest BCUT2D eigenvalue weighted by molar-refractivity contribution is 9.10. The first-order chi connectivity index (χ1) is 7.24. The highest BCUT2D eigenvalue weighted by Gasteiger charge is 1.98. The van der Waals surface area contributed by atoms with E-state index in [1.54, 1.807) is 0 Å². The van der Waals surface area contributed by atoms with Gasteiger partial charge in [0, 0.05) is 22.4 Å². The molecule has 0 aliphatic heterocycles. The summed E-state index contributed by atoms with van der Waals surface area (Å²) in [6.07, 6.45) is 5.14. The third-order valence-electron chi connectivity index (χ3n) is 2.34. The molecule has 1 aromatic carbocycles. The average Bonchev–Trinajstić information content (AvgIpc) is 2.20. The van der Waals surface area contributed by atoms with Gasteiger partial charge in [-0.15, -0.1) is 0 Å². The molecule has 0 aliphatic carbocycles. The molecule has 0 aromatic heterocycles. The van der Waals surface area contributed by atoms with E-state index in [-0.39, 0.29) is 0 Å². The number of halogens is 1. The van der Waals surface area contributed by atoms with Gasteiger partial charge in [-0.25, -0.2) is 0 Å². The number of anilines is 2. The van der Waals surface area contributed by atoms with Gasteiger partial charge >= 0.3 is 0 Å². The van der Waals surface area contributed by atoms with Crippen LogP contribution in [0.15, 0.2) is 22.7 Å². The summed E-state index contributed by atoms with van der Waals surface area (Å²) in [5.74, 6) is 0. The summed E-state index contributed by atoms with van der Waals surface area (Å²) in [5.41, 5.74) is 7.58. The van der Waals surface area contributed by atoms with Crippen LogP contribution < -0.4 is 11.1 Å². The summed E-state index contributed by atoms with van der Waals surface area (Å²) in [4.78, 5) is 0. The minimum atomic E-state index is 0.790. The maximum atomic E-state index is 5.66. The fourth-order valence-corrected chi connectivity index (χ4v) is 1.99. The predicted molar refractivity (Wildman–Crippen MR) is 71.2 cm³/mol. The molecule has 0 aliphatic rings. The zero-order valence-corrected chi connectivity index (χ0v) is 10.8. The van der Waals surface area contributed by atoms with Crippen LogP contribution in [0.4, 0.5) is 11.4 Å². The third-order valence-corrected chi connectivity index (χ3v) is 3.00. The van der Waals surface area contributed by atoms with Crippen LogP contribution in [0.1, 0.15) is 32.6 Å². The van der Waals surface area contributed by atoms with E-state index in [0.29, 0.717) is 0 Å². The summed E-state index contributed by atoms with van der Waals surface area (Å²) in [6, 6.07) is 5.85. The van der Waals surface area contributed by atoms with Crippen LogP contribution in [0.5, 0.6) is 0 Å². The van der Waals surface area contributed by atoms with Crippen molar-refractivity contribution in [2.75, 3.05) is 17.6 Å². The lowest BCUT2D eigenvalue weighted by molar-refractivity contribution is 0.685. The lowest BCUT2D eigenvalue weighted by Crippen LogP contribution is -2.02. The van der Waals surface area contributed by atoms with Gasteiger partial charge in [0.15, 0.2) is 0 Å². The van der Waals surface area contributed by atoms with Gasteiger partial charge in [0.2, 0.25) is 0 Å². The van der Waals surface area contributed by atoms with Crippen LogP contribution in [0, 0.1) is 0 Å². The zero-order valence-electron chi connectivity index (χ0n) is 9.22. The van der Waals surface area contributed by atoms with Crippen molar-refractivity contribution in [1.82, 2.24) is 0 Å². The van der Waals surface area contributed by atoms with Crippen LogP contribution in [0.3, 0.4) is 0 Å². The minimum Gasteiger partial charge on any atom is -0.399 e. The summed E-state index contributed by atoms with van der Waals surface area (Å²) in [6.45, 7) is 3.26. The van der Waals surface area contributed by atoms with Crippen molar-refractivity contribution in [2.45, 2.75) is 32.6 Å². The normalized spacial score (nSPS) is 10.3. The van der Waals surface area contributed by atoms with E-state index in [9.17, 15) is 0 Å². The van der Waals surface area contributed by atoms with E-state index >= 15 is 0 Å². The number of unbranched alkanes of at least 4 members (excludes halogenated alkanes) is 3. The van der Waals surface area contributed by atoms with Crippen molar-refractivity contribution in [3.8, 4) is 0 Å². The molecule has 1 rings (SSSR count). The van der Waals surface area contributed by atoms with Gasteiger partial charge in [0.25, 0.3) is 0 Å². The second kappa shape index (κ2) is 6.72. The van der Waals surface area contributed by atoms with Gasteiger partial charge in [-0.3, -0.25) is 0 Å². The van der Waals surface area contributed by atoms with Crippen LogP contribution in [-0.2, 0) is 0 Å². The molecule has 0 amide bonds. The minimum absolute atomic E-state index is 0.790. The quantitative estimate of drug-likeness (QED) is 0.605. The largest absolute Gasteiger partial charge is 0.399 e. The van der Waals surface area contributed by atoms with Gasteiger partial charge in [0.05, 0.1) is 0 Å². The number of nitrogens with one attached hydrogen (secondary N) is 1. The first-order valence-corrected chi connectivity index (χ1v) is 6.32. The summed E-state index contributed by atoms with van der Waals surface area (Å²) < 4.78 is 1.04. The number of nitrogen functional groups attached to an aromatic ring is 1. The standard InChI is InChI=1S/C12H19BrN2/c1-2-3-4-5-8-15-12-7-6-10(14)9-11(12)13/h6-7,9,15H,2-5,8,14H2,1H3. The van der Waals surface area contributed by atoms with E-state index in [2.05, 4.69) is 28.2 Å². The molecular weight excluding hydrogens is 252 g/mol. The molecule has 3 heteroatoms. The Morgan fingerprint density at radius 1 is 1.27 bits per heavy atom. The van der Waals surface area contributed by atoms with Gasteiger partial charge < -0.3 is 11.1 Å². The molecule has 0 spiro atoms. The van der Waals surface area contributed by atoms with Crippen molar-refractivity contribution >= 4 is 27.3 Å². The fourth-order valence-electron chi connectivity index (χ4n) is 1.45. The van der Waals surface area contributed by atoms with Crippen LogP contribution >= 0.6 is 15.9 Å².